The van der Waals surface area contributed by atoms with Crippen molar-refractivity contribution in [3.05, 3.63) is 34.9 Å². The smallest absolute Gasteiger partial charge is 0.0341 e. The van der Waals surface area contributed by atoms with Crippen molar-refractivity contribution >= 4 is 11.8 Å². The zero-order chi connectivity index (χ0) is 13.9. The van der Waals surface area contributed by atoms with Crippen LogP contribution >= 0.6 is 11.8 Å². The summed E-state index contributed by atoms with van der Waals surface area (Å²) >= 11 is 1.97. The number of hydrogen-bond donors (Lipinski definition) is 2. The SMILES string of the molecule is CC(C)(C)SCC(Cc1ccc2c(c1)CCC2)NN. The first-order chi connectivity index (χ1) is 8.98. The van der Waals surface area contributed by atoms with Gasteiger partial charge in [-0.3, -0.25) is 11.3 Å². The van der Waals surface area contributed by atoms with E-state index >= 15 is 0 Å². The molecule has 1 aliphatic rings. The Hall–Kier alpha value is -0.510. The molecule has 0 bridgehead atoms. The van der Waals surface area contributed by atoms with Crippen molar-refractivity contribution in [1.29, 1.82) is 0 Å². The fourth-order valence-corrected chi connectivity index (χ4v) is 3.47. The molecule has 1 aromatic carbocycles. The fourth-order valence-electron chi connectivity index (χ4n) is 2.55. The van der Waals surface area contributed by atoms with Crippen LogP contribution in [0.2, 0.25) is 0 Å². The molecule has 0 heterocycles. The minimum atomic E-state index is 0.299. The van der Waals surface area contributed by atoms with Crippen LogP contribution in [-0.4, -0.2) is 16.5 Å². The second-order valence-corrected chi connectivity index (χ2v) is 8.29. The van der Waals surface area contributed by atoms with E-state index in [0.717, 1.165) is 12.2 Å². The summed E-state index contributed by atoms with van der Waals surface area (Å²) in [6, 6.07) is 7.32. The molecule has 0 spiro atoms. The summed E-state index contributed by atoms with van der Waals surface area (Å²) in [4.78, 5) is 0. The highest BCUT2D eigenvalue weighted by Crippen LogP contribution is 2.26. The van der Waals surface area contributed by atoms with Gasteiger partial charge in [-0.1, -0.05) is 39.0 Å². The minimum absolute atomic E-state index is 0.299. The van der Waals surface area contributed by atoms with Gasteiger partial charge in [-0.2, -0.15) is 11.8 Å². The van der Waals surface area contributed by atoms with Crippen LogP contribution < -0.4 is 11.3 Å². The van der Waals surface area contributed by atoms with Crippen LogP contribution in [0.5, 0.6) is 0 Å². The zero-order valence-corrected chi connectivity index (χ0v) is 13.1. The summed E-state index contributed by atoms with van der Waals surface area (Å²) in [6.07, 6.45) is 4.85. The predicted molar refractivity (Wildman–Crippen MR) is 85.5 cm³/mol. The molecule has 2 nitrogen and oxygen atoms in total. The van der Waals surface area contributed by atoms with Gasteiger partial charge >= 0.3 is 0 Å². The monoisotopic (exact) mass is 278 g/mol. The minimum Gasteiger partial charge on any atom is -0.271 e. The summed E-state index contributed by atoms with van der Waals surface area (Å²) in [5.41, 5.74) is 7.48. The Balaban J connectivity index is 1.94. The van der Waals surface area contributed by atoms with Crippen LogP contribution in [0.3, 0.4) is 0 Å². The van der Waals surface area contributed by atoms with Crippen LogP contribution in [0.4, 0.5) is 0 Å². The van der Waals surface area contributed by atoms with Crippen LogP contribution in [0.25, 0.3) is 0 Å². The first-order valence-electron chi connectivity index (χ1n) is 7.19. The van der Waals surface area contributed by atoms with E-state index in [9.17, 15) is 0 Å². The van der Waals surface area contributed by atoms with Crippen molar-refractivity contribution in [2.24, 2.45) is 5.84 Å². The maximum absolute atomic E-state index is 5.70. The van der Waals surface area contributed by atoms with Gasteiger partial charge in [0.25, 0.3) is 0 Å². The van der Waals surface area contributed by atoms with Crippen LogP contribution in [0, 0.1) is 0 Å². The number of hydrogen-bond acceptors (Lipinski definition) is 3. The van der Waals surface area contributed by atoms with Crippen molar-refractivity contribution in [1.82, 2.24) is 5.43 Å². The Labute approximate surface area is 121 Å². The summed E-state index contributed by atoms with van der Waals surface area (Å²) in [5.74, 6) is 6.75. The number of hydrazine groups is 1. The molecule has 3 N–H and O–H groups in total. The lowest BCUT2D eigenvalue weighted by molar-refractivity contribution is 0.573. The topological polar surface area (TPSA) is 38.0 Å². The highest BCUT2D eigenvalue weighted by Gasteiger charge is 2.16. The van der Waals surface area contributed by atoms with E-state index in [1.165, 1.54) is 24.8 Å². The van der Waals surface area contributed by atoms with Gasteiger partial charge in [0.15, 0.2) is 0 Å². The molecule has 3 heteroatoms. The van der Waals surface area contributed by atoms with E-state index in [1.807, 2.05) is 11.8 Å². The molecule has 19 heavy (non-hydrogen) atoms. The first kappa shape index (κ1) is 14.9. The molecule has 106 valence electrons. The van der Waals surface area contributed by atoms with Crippen LogP contribution in [0.15, 0.2) is 18.2 Å². The number of nitrogens with one attached hydrogen (secondary N) is 1. The molecule has 0 fully saturated rings. The summed E-state index contributed by atoms with van der Waals surface area (Å²) in [7, 11) is 0. The van der Waals surface area contributed by atoms with Gasteiger partial charge in [0.1, 0.15) is 0 Å². The van der Waals surface area contributed by atoms with Crippen LogP contribution in [-0.2, 0) is 19.3 Å². The third kappa shape index (κ3) is 4.51. The molecule has 2 rings (SSSR count). The summed E-state index contributed by atoms with van der Waals surface area (Å²) < 4.78 is 0.299. The lowest BCUT2D eigenvalue weighted by Crippen LogP contribution is -2.39. The Kier molecular flexibility index (Phi) is 4.93. The highest BCUT2D eigenvalue weighted by atomic mass is 32.2. The second kappa shape index (κ2) is 6.29. The maximum atomic E-state index is 5.70. The largest absolute Gasteiger partial charge is 0.271 e. The molecule has 1 aliphatic carbocycles. The van der Waals surface area contributed by atoms with E-state index in [2.05, 4.69) is 44.4 Å². The van der Waals surface area contributed by atoms with E-state index < -0.39 is 0 Å². The number of fused-ring (bicyclic) bond motifs is 1. The lowest BCUT2D eigenvalue weighted by atomic mass is 10.0. The van der Waals surface area contributed by atoms with Crippen LogP contribution in [0.1, 0.15) is 43.9 Å². The van der Waals surface area contributed by atoms with E-state index in [1.54, 1.807) is 11.1 Å². The molecule has 0 aliphatic heterocycles. The summed E-state index contributed by atoms with van der Waals surface area (Å²) in [6.45, 7) is 6.75. The first-order valence-corrected chi connectivity index (χ1v) is 8.17. The quantitative estimate of drug-likeness (QED) is 0.642. The third-order valence-corrected chi connectivity index (χ3v) is 5.03. The number of aryl methyl sites for hydroxylation is 2. The second-order valence-electron chi connectivity index (χ2n) is 6.45. The average molecular weight is 278 g/mol. The standard InChI is InChI=1S/C16H26N2S/c1-16(2,3)19-11-15(18-17)10-12-7-8-13-5-4-6-14(13)9-12/h7-9,15,18H,4-6,10-11,17H2,1-3H3. The average Bonchev–Trinajstić information content (AvgIpc) is 2.80. The molecular weight excluding hydrogens is 252 g/mol. The molecule has 1 aromatic rings. The lowest BCUT2D eigenvalue weighted by Gasteiger charge is -2.22. The van der Waals surface area contributed by atoms with Gasteiger partial charge in [-0.05, 0) is 42.4 Å². The predicted octanol–water partition coefficient (Wildman–Crippen LogP) is 3.08. The molecule has 1 unspecified atom stereocenters. The number of rotatable bonds is 5. The molecular formula is C16H26N2S. The maximum Gasteiger partial charge on any atom is 0.0341 e. The molecule has 0 radical (unpaired) electrons. The van der Waals surface area contributed by atoms with E-state index in [4.69, 9.17) is 5.84 Å². The van der Waals surface area contributed by atoms with Gasteiger partial charge in [0, 0.05) is 16.5 Å². The number of nitrogens with two attached hydrogens (primary N) is 1. The fraction of sp³-hybridized carbons (Fsp3) is 0.625. The van der Waals surface area contributed by atoms with Crippen molar-refractivity contribution < 1.29 is 0 Å². The highest BCUT2D eigenvalue weighted by molar-refractivity contribution is 8.00. The normalized spacial score (nSPS) is 16.4. The summed E-state index contributed by atoms with van der Waals surface area (Å²) in [5, 5.41) is 0. The van der Waals surface area contributed by atoms with Gasteiger partial charge in [-0.25, -0.2) is 0 Å². The Bertz CT molecular complexity index is 423. The number of benzene rings is 1. The Morgan fingerprint density at radius 3 is 2.68 bits per heavy atom. The van der Waals surface area contributed by atoms with Crippen molar-refractivity contribution in [3.63, 3.8) is 0 Å². The molecule has 0 saturated heterocycles. The van der Waals surface area contributed by atoms with Gasteiger partial charge in [0.2, 0.25) is 0 Å². The van der Waals surface area contributed by atoms with Crippen molar-refractivity contribution in [3.8, 4) is 0 Å². The van der Waals surface area contributed by atoms with Crippen molar-refractivity contribution in [2.75, 3.05) is 5.75 Å². The molecule has 1 atom stereocenters. The molecule has 0 aromatic heterocycles. The van der Waals surface area contributed by atoms with E-state index in [-0.39, 0.29) is 0 Å². The van der Waals surface area contributed by atoms with E-state index in [0.29, 0.717) is 10.8 Å². The molecule has 0 saturated carbocycles. The Morgan fingerprint density at radius 2 is 2.00 bits per heavy atom. The van der Waals surface area contributed by atoms with Gasteiger partial charge < -0.3 is 0 Å². The van der Waals surface area contributed by atoms with Crippen molar-refractivity contribution in [2.45, 2.75) is 57.2 Å². The van der Waals surface area contributed by atoms with Gasteiger partial charge in [0.05, 0.1) is 0 Å². The number of thioether (sulfide) groups is 1. The Morgan fingerprint density at radius 1 is 1.26 bits per heavy atom. The van der Waals surface area contributed by atoms with Gasteiger partial charge in [-0.15, -0.1) is 0 Å². The third-order valence-electron chi connectivity index (χ3n) is 3.60. The zero-order valence-electron chi connectivity index (χ0n) is 12.3. The molecule has 0 amide bonds.